The van der Waals surface area contributed by atoms with Gasteiger partial charge in [-0.25, -0.2) is 9.36 Å². The highest BCUT2D eigenvalue weighted by atomic mass is 31.2. The molecule has 1 atom stereocenters. The molecule has 0 aliphatic heterocycles. The molecule has 0 aromatic heterocycles. The molecule has 7 nitrogen and oxygen atoms in total. The summed E-state index contributed by atoms with van der Waals surface area (Å²) in [5.41, 5.74) is 0.373. The second-order valence-electron chi connectivity index (χ2n) is 6.46. The van der Waals surface area contributed by atoms with E-state index in [2.05, 4.69) is 6.58 Å². The van der Waals surface area contributed by atoms with Crippen molar-refractivity contribution in [2.45, 2.75) is 38.7 Å². The van der Waals surface area contributed by atoms with Crippen LogP contribution in [0.1, 0.15) is 32.6 Å². The van der Waals surface area contributed by atoms with E-state index in [1.165, 1.54) is 0 Å². The van der Waals surface area contributed by atoms with Gasteiger partial charge in [-0.05, 0) is 26.2 Å². The topological polar surface area (TPSA) is 93.1 Å². The summed E-state index contributed by atoms with van der Waals surface area (Å²) in [5, 5.41) is 0. The van der Waals surface area contributed by atoms with E-state index in [-0.39, 0.29) is 0 Å². The first kappa shape index (κ1) is 21.3. The Morgan fingerprint density at radius 1 is 1.23 bits per heavy atom. The van der Waals surface area contributed by atoms with Gasteiger partial charge < -0.3 is 19.0 Å². The zero-order valence-corrected chi connectivity index (χ0v) is 14.8. The summed E-state index contributed by atoms with van der Waals surface area (Å²) in [6, 6.07) is 0. The van der Waals surface area contributed by atoms with Crippen LogP contribution < -0.4 is 0 Å². The van der Waals surface area contributed by atoms with Crippen molar-refractivity contribution in [2.75, 3.05) is 34.3 Å². The summed E-state index contributed by atoms with van der Waals surface area (Å²) in [4.78, 5) is 29.1. The van der Waals surface area contributed by atoms with Crippen LogP contribution in [-0.4, -0.2) is 60.6 Å². The predicted octanol–water partition coefficient (Wildman–Crippen LogP) is 1.85. The number of phosphoric acid groups is 1. The van der Waals surface area contributed by atoms with Gasteiger partial charge in [-0.2, -0.15) is 0 Å². The molecule has 130 valence electrons. The number of unbranched alkanes of at least 4 members (excludes halogenated alkanes) is 2. The number of nitrogens with zero attached hydrogens (tertiary/aromatic N) is 1. The van der Waals surface area contributed by atoms with Crippen molar-refractivity contribution in [3.05, 3.63) is 12.2 Å². The number of carbonyl (C=O) groups is 1. The van der Waals surface area contributed by atoms with Gasteiger partial charge >= 0.3 is 13.8 Å². The van der Waals surface area contributed by atoms with Crippen molar-refractivity contribution in [1.82, 2.24) is 0 Å². The van der Waals surface area contributed by atoms with Crippen LogP contribution in [0.15, 0.2) is 12.2 Å². The Hall–Kier alpha value is -0.720. The Kier molecular flexibility index (Phi) is 9.12. The third-order valence-electron chi connectivity index (χ3n) is 2.79. The number of phosphoric ester groups is 1. The fourth-order valence-corrected chi connectivity index (χ4v) is 2.48. The Morgan fingerprint density at radius 3 is 2.27 bits per heavy atom. The lowest BCUT2D eigenvalue weighted by Crippen LogP contribution is -2.42. The van der Waals surface area contributed by atoms with Gasteiger partial charge in [0.2, 0.25) is 0 Å². The minimum absolute atomic E-state index is 0.324. The number of likely N-dealkylation sites (N-methyl/N-ethyl adjacent to an activating group) is 1. The zero-order valence-electron chi connectivity index (χ0n) is 13.9. The molecule has 0 saturated heterocycles. The highest BCUT2D eigenvalue weighted by Gasteiger charge is 2.26. The minimum atomic E-state index is -4.48. The van der Waals surface area contributed by atoms with Crippen LogP contribution in [0.5, 0.6) is 0 Å². The average molecular weight is 338 g/mol. The van der Waals surface area contributed by atoms with Crippen LogP contribution in [0, 0.1) is 0 Å². The number of hydrogen-bond acceptors (Lipinski definition) is 4. The normalized spacial score (nSPS) is 13.7. The molecule has 0 aromatic carbocycles. The summed E-state index contributed by atoms with van der Waals surface area (Å²) in [7, 11) is 1.33. The van der Waals surface area contributed by atoms with E-state index < -0.39 is 19.9 Å². The van der Waals surface area contributed by atoms with Gasteiger partial charge in [0.15, 0.2) is 0 Å². The number of ether oxygens (including phenoxy) is 1. The molecule has 0 heterocycles. The van der Waals surface area contributed by atoms with E-state index in [1.54, 1.807) is 6.92 Å². The number of quaternary nitrogens is 1. The third kappa shape index (κ3) is 13.0. The lowest BCUT2D eigenvalue weighted by molar-refractivity contribution is -0.873. The molecule has 0 amide bonds. The van der Waals surface area contributed by atoms with Crippen molar-refractivity contribution in [1.29, 1.82) is 0 Å². The summed E-state index contributed by atoms with van der Waals surface area (Å²) >= 11 is 0. The molecule has 1 unspecified atom stereocenters. The van der Waals surface area contributed by atoms with E-state index in [4.69, 9.17) is 19.0 Å². The molecule has 0 rings (SSSR count). The molecule has 22 heavy (non-hydrogen) atoms. The Balaban J connectivity index is 4.06. The summed E-state index contributed by atoms with van der Waals surface area (Å²) < 4.78 is 21.4. The van der Waals surface area contributed by atoms with Crippen molar-refractivity contribution >= 4 is 13.8 Å². The van der Waals surface area contributed by atoms with E-state index in [0.29, 0.717) is 36.0 Å². The summed E-state index contributed by atoms with van der Waals surface area (Å²) in [6.07, 6.45) is 2.29. The largest absolute Gasteiger partial charge is 0.470 e. The molecular weight excluding hydrogens is 309 g/mol. The molecule has 0 saturated carbocycles. The van der Waals surface area contributed by atoms with E-state index in [9.17, 15) is 9.36 Å². The fourth-order valence-electron chi connectivity index (χ4n) is 1.92. The third-order valence-corrected chi connectivity index (χ3v) is 3.36. The van der Waals surface area contributed by atoms with Crippen molar-refractivity contribution in [3.63, 3.8) is 0 Å². The lowest BCUT2D eigenvalue weighted by Gasteiger charge is -2.29. The van der Waals surface area contributed by atoms with Crippen LogP contribution in [-0.2, 0) is 18.6 Å². The molecule has 0 aliphatic carbocycles. The Labute approximate surface area is 132 Å². The standard InChI is InChI=1S/C14H28NO6P/c1-12(2)14(16)20-10-8-6-7-9-13(11-15(3,4)5)21-22(17,18)19/h13H,1,6-11H2,2-5H3,(H-,17,18,19)/p+1. The molecule has 8 heteroatoms. The molecule has 0 fully saturated rings. The Bertz CT molecular complexity index is 412. The first-order valence-corrected chi connectivity index (χ1v) is 8.81. The molecule has 0 spiro atoms. The van der Waals surface area contributed by atoms with Crippen molar-refractivity contribution in [2.24, 2.45) is 0 Å². The quantitative estimate of drug-likeness (QED) is 0.196. The number of hydrogen-bond donors (Lipinski definition) is 2. The van der Waals surface area contributed by atoms with Crippen LogP contribution in [0.2, 0.25) is 0 Å². The number of carbonyl (C=O) groups excluding carboxylic acids is 1. The maximum absolute atomic E-state index is 11.2. The highest BCUT2D eigenvalue weighted by Crippen LogP contribution is 2.38. The fraction of sp³-hybridized carbons (Fsp3) is 0.786. The van der Waals surface area contributed by atoms with Gasteiger partial charge in [-0.3, -0.25) is 4.52 Å². The molecular formula is C14H29NO6P+. The van der Waals surface area contributed by atoms with Crippen molar-refractivity contribution < 1.29 is 32.9 Å². The highest BCUT2D eigenvalue weighted by molar-refractivity contribution is 7.46. The monoisotopic (exact) mass is 338 g/mol. The smallest absolute Gasteiger partial charge is 0.462 e. The second-order valence-corrected chi connectivity index (χ2v) is 7.65. The number of esters is 1. The predicted molar refractivity (Wildman–Crippen MR) is 84.1 cm³/mol. The van der Waals surface area contributed by atoms with E-state index >= 15 is 0 Å². The maximum atomic E-state index is 11.2. The maximum Gasteiger partial charge on any atom is 0.470 e. The molecule has 0 bridgehead atoms. The van der Waals surface area contributed by atoms with E-state index in [0.717, 1.165) is 12.8 Å². The van der Waals surface area contributed by atoms with Gasteiger partial charge in [0.05, 0.1) is 27.7 Å². The average Bonchev–Trinajstić information content (AvgIpc) is 2.28. The molecule has 0 radical (unpaired) electrons. The first-order valence-electron chi connectivity index (χ1n) is 7.28. The van der Waals surface area contributed by atoms with Gasteiger partial charge in [0.1, 0.15) is 12.6 Å². The lowest BCUT2D eigenvalue weighted by atomic mass is 10.1. The van der Waals surface area contributed by atoms with Gasteiger partial charge in [-0.1, -0.05) is 13.0 Å². The Morgan fingerprint density at radius 2 is 1.82 bits per heavy atom. The number of rotatable bonds is 11. The van der Waals surface area contributed by atoms with Gasteiger partial charge in [-0.15, -0.1) is 0 Å². The second kappa shape index (κ2) is 9.43. The van der Waals surface area contributed by atoms with Crippen LogP contribution in [0.4, 0.5) is 0 Å². The van der Waals surface area contributed by atoms with Gasteiger partial charge in [0, 0.05) is 5.57 Å². The molecule has 0 aromatic rings. The molecule has 2 N–H and O–H groups in total. The minimum Gasteiger partial charge on any atom is -0.462 e. The molecule has 0 aliphatic rings. The van der Waals surface area contributed by atoms with Crippen molar-refractivity contribution in [3.8, 4) is 0 Å². The van der Waals surface area contributed by atoms with Gasteiger partial charge in [0.25, 0.3) is 0 Å². The SMILES string of the molecule is C=C(C)C(=O)OCCCCCC(C[N+](C)(C)C)OP(=O)(O)O. The van der Waals surface area contributed by atoms with Crippen LogP contribution in [0.3, 0.4) is 0 Å². The first-order chi connectivity index (χ1) is 9.91. The van der Waals surface area contributed by atoms with Crippen LogP contribution >= 0.6 is 7.82 Å². The summed E-state index contributed by atoms with van der Waals surface area (Å²) in [6.45, 7) is 5.92. The zero-order chi connectivity index (χ0) is 17.4. The van der Waals surface area contributed by atoms with E-state index in [1.807, 2.05) is 21.1 Å². The van der Waals surface area contributed by atoms with Crippen LogP contribution in [0.25, 0.3) is 0 Å². The summed E-state index contributed by atoms with van der Waals surface area (Å²) in [5.74, 6) is -0.396.